The molecule has 3 rings (SSSR count). The molecule has 0 unspecified atom stereocenters. The Morgan fingerprint density at radius 3 is 2.62 bits per heavy atom. The second-order valence-corrected chi connectivity index (χ2v) is 5.25. The van der Waals surface area contributed by atoms with Gasteiger partial charge in [-0.2, -0.15) is 0 Å². The molecule has 0 N–H and O–H groups in total. The molecule has 106 valence electrons. The van der Waals surface area contributed by atoms with Gasteiger partial charge in [-0.05, 0) is 42.0 Å². The van der Waals surface area contributed by atoms with E-state index in [1.807, 2.05) is 18.2 Å². The minimum Gasteiger partial charge on any atom is -0.454 e. The Bertz CT molecular complexity index is 738. The molecule has 1 heterocycles. The fourth-order valence-electron chi connectivity index (χ4n) is 1.93. The highest BCUT2D eigenvalue weighted by atomic mass is 35.5. The highest BCUT2D eigenvalue weighted by Gasteiger charge is 2.12. The minimum atomic E-state index is -0.147. The summed E-state index contributed by atoms with van der Waals surface area (Å²) in [5.74, 6) is 1.24. The van der Waals surface area contributed by atoms with Crippen molar-refractivity contribution in [3.8, 4) is 11.5 Å². The van der Waals surface area contributed by atoms with E-state index in [9.17, 15) is 4.79 Å². The van der Waals surface area contributed by atoms with Crippen LogP contribution in [0.15, 0.2) is 42.5 Å². The van der Waals surface area contributed by atoms with Crippen LogP contribution in [0.2, 0.25) is 10.0 Å². The molecule has 0 aliphatic carbocycles. The predicted molar refractivity (Wildman–Crippen MR) is 82.4 cm³/mol. The second-order valence-electron chi connectivity index (χ2n) is 4.44. The minimum absolute atomic E-state index is 0.147. The van der Waals surface area contributed by atoms with Crippen LogP contribution < -0.4 is 9.47 Å². The lowest BCUT2D eigenvalue weighted by molar-refractivity contribution is 0.104. The Balaban J connectivity index is 1.79. The molecule has 0 amide bonds. The third kappa shape index (κ3) is 3.04. The largest absolute Gasteiger partial charge is 0.454 e. The van der Waals surface area contributed by atoms with Crippen molar-refractivity contribution in [2.45, 2.75) is 0 Å². The maximum atomic E-state index is 12.1. The molecule has 0 spiro atoms. The van der Waals surface area contributed by atoms with Crippen LogP contribution in [0.25, 0.3) is 6.08 Å². The number of carbonyl (C=O) groups excluding carboxylic acids is 1. The van der Waals surface area contributed by atoms with Crippen molar-refractivity contribution in [1.82, 2.24) is 0 Å². The summed E-state index contributed by atoms with van der Waals surface area (Å²) in [6.45, 7) is 0.227. The molecular formula is C16H10Cl2O3. The first kappa shape index (κ1) is 14.0. The van der Waals surface area contributed by atoms with Crippen molar-refractivity contribution >= 4 is 35.1 Å². The third-order valence-electron chi connectivity index (χ3n) is 3.03. The van der Waals surface area contributed by atoms with Crippen molar-refractivity contribution in [1.29, 1.82) is 0 Å². The van der Waals surface area contributed by atoms with E-state index < -0.39 is 0 Å². The Labute approximate surface area is 131 Å². The van der Waals surface area contributed by atoms with Gasteiger partial charge in [-0.1, -0.05) is 35.3 Å². The molecule has 0 bridgehead atoms. The number of rotatable bonds is 3. The first-order valence-corrected chi connectivity index (χ1v) is 6.96. The summed E-state index contributed by atoms with van der Waals surface area (Å²) in [7, 11) is 0. The summed E-state index contributed by atoms with van der Waals surface area (Å²) < 4.78 is 10.5. The number of benzene rings is 2. The molecule has 1 aliphatic rings. The van der Waals surface area contributed by atoms with E-state index in [2.05, 4.69) is 0 Å². The van der Waals surface area contributed by atoms with Gasteiger partial charge in [0.15, 0.2) is 17.3 Å². The number of hydrogen-bond acceptors (Lipinski definition) is 3. The molecule has 0 fully saturated rings. The Hall–Kier alpha value is -1.97. The van der Waals surface area contributed by atoms with E-state index in [4.69, 9.17) is 32.7 Å². The molecule has 5 heteroatoms. The number of allylic oxidation sites excluding steroid dienone is 1. The van der Waals surface area contributed by atoms with Crippen LogP contribution in [0.3, 0.4) is 0 Å². The normalized spacial score (nSPS) is 12.9. The van der Waals surface area contributed by atoms with E-state index in [1.54, 1.807) is 24.3 Å². The fraction of sp³-hybridized carbons (Fsp3) is 0.0625. The highest BCUT2D eigenvalue weighted by Crippen LogP contribution is 2.32. The van der Waals surface area contributed by atoms with Crippen LogP contribution in [0.1, 0.15) is 15.9 Å². The zero-order chi connectivity index (χ0) is 14.8. The van der Waals surface area contributed by atoms with Gasteiger partial charge in [0.1, 0.15) is 0 Å². The van der Waals surface area contributed by atoms with Crippen LogP contribution >= 0.6 is 23.2 Å². The second kappa shape index (κ2) is 5.80. The molecule has 0 saturated heterocycles. The number of halogens is 2. The van der Waals surface area contributed by atoms with E-state index in [0.717, 1.165) is 5.56 Å². The molecule has 1 aliphatic heterocycles. The van der Waals surface area contributed by atoms with Gasteiger partial charge in [0.2, 0.25) is 6.79 Å². The van der Waals surface area contributed by atoms with Crippen molar-refractivity contribution in [2.24, 2.45) is 0 Å². The summed E-state index contributed by atoms with van der Waals surface area (Å²) >= 11 is 11.7. The van der Waals surface area contributed by atoms with Crippen molar-refractivity contribution in [3.05, 3.63) is 63.6 Å². The van der Waals surface area contributed by atoms with Gasteiger partial charge in [0, 0.05) is 5.56 Å². The number of ether oxygens (including phenoxy) is 2. The van der Waals surface area contributed by atoms with Crippen LogP contribution in [-0.4, -0.2) is 12.6 Å². The summed E-state index contributed by atoms with van der Waals surface area (Å²) in [6.07, 6.45) is 3.20. The first-order valence-electron chi connectivity index (χ1n) is 6.20. The Kier molecular flexibility index (Phi) is 3.86. The number of hydrogen-bond donors (Lipinski definition) is 0. The fourth-order valence-corrected chi connectivity index (χ4v) is 2.23. The molecule has 2 aromatic rings. The van der Waals surface area contributed by atoms with E-state index >= 15 is 0 Å². The molecule has 3 nitrogen and oxygen atoms in total. The maximum Gasteiger partial charge on any atom is 0.231 e. The molecule has 0 radical (unpaired) electrons. The molecule has 2 aromatic carbocycles. The van der Waals surface area contributed by atoms with Crippen LogP contribution in [0, 0.1) is 0 Å². The predicted octanol–water partition coefficient (Wildman–Crippen LogP) is 4.62. The monoisotopic (exact) mass is 320 g/mol. The summed E-state index contributed by atoms with van der Waals surface area (Å²) in [5.41, 5.74) is 1.34. The Morgan fingerprint density at radius 1 is 1.00 bits per heavy atom. The standard InChI is InChI=1S/C16H10Cl2O3/c17-12-4-3-11(8-13(12)18)14(19)5-1-10-2-6-15-16(7-10)21-9-20-15/h1-8H,9H2. The molecule has 21 heavy (non-hydrogen) atoms. The molecule has 0 atom stereocenters. The number of fused-ring (bicyclic) bond motifs is 1. The molecule has 0 saturated carbocycles. The topological polar surface area (TPSA) is 35.5 Å². The van der Waals surface area contributed by atoms with E-state index in [-0.39, 0.29) is 12.6 Å². The molecular weight excluding hydrogens is 311 g/mol. The zero-order valence-electron chi connectivity index (χ0n) is 10.8. The number of carbonyl (C=O) groups is 1. The summed E-state index contributed by atoms with van der Waals surface area (Å²) in [4.78, 5) is 12.1. The lowest BCUT2D eigenvalue weighted by atomic mass is 10.1. The van der Waals surface area contributed by atoms with E-state index in [0.29, 0.717) is 27.1 Å². The van der Waals surface area contributed by atoms with Crippen LogP contribution in [0.5, 0.6) is 11.5 Å². The van der Waals surface area contributed by atoms with Gasteiger partial charge in [-0.3, -0.25) is 4.79 Å². The lowest BCUT2D eigenvalue weighted by Crippen LogP contribution is -1.93. The van der Waals surface area contributed by atoms with Gasteiger partial charge < -0.3 is 9.47 Å². The third-order valence-corrected chi connectivity index (χ3v) is 3.77. The SMILES string of the molecule is O=C(C=Cc1ccc2c(c1)OCO2)c1ccc(Cl)c(Cl)c1. The number of ketones is 1. The van der Waals surface area contributed by atoms with E-state index in [1.165, 1.54) is 6.08 Å². The smallest absolute Gasteiger partial charge is 0.231 e. The molecule has 0 aromatic heterocycles. The van der Waals surface area contributed by atoms with Gasteiger partial charge in [0.25, 0.3) is 0 Å². The van der Waals surface area contributed by atoms with Gasteiger partial charge in [-0.15, -0.1) is 0 Å². The summed E-state index contributed by atoms with van der Waals surface area (Å²) in [5, 5.41) is 0.784. The first-order chi connectivity index (χ1) is 10.1. The van der Waals surface area contributed by atoms with Gasteiger partial charge in [0.05, 0.1) is 10.0 Å². The van der Waals surface area contributed by atoms with Crippen LogP contribution in [-0.2, 0) is 0 Å². The average molecular weight is 321 g/mol. The quantitative estimate of drug-likeness (QED) is 0.611. The van der Waals surface area contributed by atoms with Crippen molar-refractivity contribution in [3.63, 3.8) is 0 Å². The lowest BCUT2D eigenvalue weighted by Gasteiger charge is -2.00. The van der Waals surface area contributed by atoms with Gasteiger partial charge >= 0.3 is 0 Å². The Morgan fingerprint density at radius 2 is 1.81 bits per heavy atom. The van der Waals surface area contributed by atoms with Crippen molar-refractivity contribution < 1.29 is 14.3 Å². The summed E-state index contributed by atoms with van der Waals surface area (Å²) in [6, 6.07) is 10.3. The van der Waals surface area contributed by atoms with Gasteiger partial charge in [-0.25, -0.2) is 0 Å². The van der Waals surface area contributed by atoms with Crippen LogP contribution in [0.4, 0.5) is 0 Å². The maximum absolute atomic E-state index is 12.1. The average Bonchev–Trinajstić information content (AvgIpc) is 2.95. The van der Waals surface area contributed by atoms with Crippen molar-refractivity contribution in [2.75, 3.05) is 6.79 Å². The highest BCUT2D eigenvalue weighted by molar-refractivity contribution is 6.42. The zero-order valence-corrected chi connectivity index (χ0v) is 12.3.